The van der Waals surface area contributed by atoms with E-state index in [1.165, 1.54) is 23.5 Å². The number of hydrogen-bond acceptors (Lipinski definition) is 7. The average Bonchev–Trinajstić information content (AvgIpc) is 3.49. The quantitative estimate of drug-likeness (QED) is 0.158. The van der Waals surface area contributed by atoms with E-state index < -0.39 is 4.92 Å². The van der Waals surface area contributed by atoms with Crippen LogP contribution in [0.4, 0.5) is 5.69 Å². The average molecular weight is 578 g/mol. The molecule has 6 rings (SSSR count). The molecule has 0 N–H and O–H groups in total. The van der Waals surface area contributed by atoms with Gasteiger partial charge in [0.25, 0.3) is 11.2 Å². The Morgan fingerprint density at radius 3 is 2.45 bits per heavy atom. The number of thiazole rings is 1. The fourth-order valence-electron chi connectivity index (χ4n) is 5.45. The number of non-ortho nitro benzene ring substituents is 1. The first kappa shape index (κ1) is 27.3. The Labute approximate surface area is 246 Å². The Balaban J connectivity index is 1.50. The number of ether oxygens (including phenoxy) is 1. The van der Waals surface area contributed by atoms with Gasteiger partial charge in [-0.05, 0) is 73.2 Å². The van der Waals surface area contributed by atoms with Crippen LogP contribution < -0.4 is 10.3 Å². The lowest BCUT2D eigenvalue weighted by Crippen LogP contribution is -2.31. The molecule has 0 radical (unpaired) electrons. The van der Waals surface area contributed by atoms with Crippen LogP contribution in [0.3, 0.4) is 0 Å². The summed E-state index contributed by atoms with van der Waals surface area (Å²) < 4.78 is 6.97. The van der Waals surface area contributed by atoms with Crippen LogP contribution in [0.1, 0.15) is 45.1 Å². The van der Waals surface area contributed by atoms with Crippen molar-refractivity contribution in [2.24, 2.45) is 0 Å². The molecule has 0 amide bonds. The summed E-state index contributed by atoms with van der Waals surface area (Å²) >= 11 is 1.27. The van der Waals surface area contributed by atoms with Crippen molar-refractivity contribution in [3.05, 3.63) is 127 Å². The maximum atomic E-state index is 14.3. The maximum Gasteiger partial charge on any atom is 0.270 e. The molecule has 1 aliphatic rings. The molecular weight excluding hydrogens is 550 g/mol. The van der Waals surface area contributed by atoms with Gasteiger partial charge in [-0.1, -0.05) is 30.3 Å². The van der Waals surface area contributed by atoms with E-state index in [-0.39, 0.29) is 22.9 Å². The number of nitro groups is 1. The second kappa shape index (κ2) is 10.8. The summed E-state index contributed by atoms with van der Waals surface area (Å²) in [6, 6.07) is 21.5. The van der Waals surface area contributed by atoms with Gasteiger partial charge in [-0.15, -0.1) is 11.3 Å². The Hall–Kier alpha value is -4.89. The molecule has 0 bridgehead atoms. The number of methoxy groups -OCH3 is 1. The molecule has 3 aromatic carbocycles. The molecule has 5 aromatic rings. The lowest BCUT2D eigenvalue weighted by Gasteiger charge is -2.28. The number of hydrogen-bond donors (Lipinski definition) is 0. The highest BCUT2D eigenvalue weighted by molar-refractivity contribution is 7.13. The third-order valence-corrected chi connectivity index (χ3v) is 8.77. The van der Waals surface area contributed by atoms with Crippen LogP contribution in [0.15, 0.2) is 83.0 Å². The van der Waals surface area contributed by atoms with Crippen molar-refractivity contribution in [1.82, 2.24) is 9.55 Å². The van der Waals surface area contributed by atoms with E-state index in [2.05, 4.69) is 0 Å². The van der Waals surface area contributed by atoms with Gasteiger partial charge in [-0.25, -0.2) is 4.98 Å². The number of pyridine rings is 1. The van der Waals surface area contributed by atoms with E-state index in [4.69, 9.17) is 9.72 Å². The second-order valence-electron chi connectivity index (χ2n) is 10.5. The van der Waals surface area contributed by atoms with Crippen molar-refractivity contribution >= 4 is 22.8 Å². The third-order valence-electron chi connectivity index (χ3n) is 7.90. The molecule has 9 heteroatoms. The molecule has 1 aliphatic carbocycles. The van der Waals surface area contributed by atoms with Crippen LogP contribution in [0.2, 0.25) is 0 Å². The Morgan fingerprint density at radius 1 is 0.952 bits per heavy atom. The van der Waals surface area contributed by atoms with Crippen molar-refractivity contribution in [2.45, 2.75) is 32.6 Å². The second-order valence-corrected chi connectivity index (χ2v) is 11.3. The van der Waals surface area contributed by atoms with Gasteiger partial charge in [0.1, 0.15) is 10.8 Å². The number of aromatic nitrogens is 2. The van der Waals surface area contributed by atoms with Gasteiger partial charge in [0.05, 0.1) is 23.3 Å². The zero-order valence-electron chi connectivity index (χ0n) is 23.3. The summed E-state index contributed by atoms with van der Waals surface area (Å²) in [5.41, 5.74) is 6.17. The van der Waals surface area contributed by atoms with E-state index in [0.29, 0.717) is 51.6 Å². The highest BCUT2D eigenvalue weighted by Crippen LogP contribution is 2.37. The van der Waals surface area contributed by atoms with Gasteiger partial charge in [0.2, 0.25) is 0 Å². The van der Waals surface area contributed by atoms with E-state index >= 15 is 0 Å². The highest BCUT2D eigenvalue weighted by atomic mass is 32.1. The van der Waals surface area contributed by atoms with Crippen molar-refractivity contribution in [1.29, 1.82) is 0 Å². The number of carbonyl (C=O) groups excluding carboxylic acids is 1. The fraction of sp³-hybridized carbons (Fsp3) is 0.182. The van der Waals surface area contributed by atoms with E-state index in [1.54, 1.807) is 35.3 Å². The monoisotopic (exact) mass is 577 g/mol. The first-order valence-corrected chi connectivity index (χ1v) is 14.4. The molecule has 0 aliphatic heterocycles. The predicted molar refractivity (Wildman–Crippen MR) is 163 cm³/mol. The summed E-state index contributed by atoms with van der Waals surface area (Å²) in [5, 5.41) is 13.5. The molecule has 8 nitrogen and oxygen atoms in total. The minimum absolute atomic E-state index is 0.0358. The number of Topliss-reactive ketones (excluding diaryl/α,β-unsaturated/α-hetero) is 1. The van der Waals surface area contributed by atoms with Gasteiger partial charge in [0, 0.05) is 46.4 Å². The SMILES string of the molecule is COc1ccc([C@@H]2CC(=O)c3cc(-c4nc(-c5cccc([N+](=O)[O-])c5)cs4)c(=O)n(-c4ccc(C)c(C)c4)c3C2)cc1. The predicted octanol–water partition coefficient (Wildman–Crippen LogP) is 7.07. The number of fused-ring (bicyclic) bond motifs is 1. The minimum Gasteiger partial charge on any atom is -0.497 e. The van der Waals surface area contributed by atoms with Crippen LogP contribution in [0.5, 0.6) is 5.75 Å². The van der Waals surface area contributed by atoms with Crippen LogP contribution in [-0.2, 0) is 6.42 Å². The number of carbonyl (C=O) groups is 1. The minimum atomic E-state index is -0.451. The fourth-order valence-corrected chi connectivity index (χ4v) is 6.28. The number of aryl methyl sites for hydroxylation is 2. The van der Waals surface area contributed by atoms with Gasteiger partial charge >= 0.3 is 0 Å². The van der Waals surface area contributed by atoms with Crippen LogP contribution in [0.25, 0.3) is 27.5 Å². The molecule has 0 spiro atoms. The zero-order chi connectivity index (χ0) is 29.5. The smallest absolute Gasteiger partial charge is 0.270 e. The van der Waals surface area contributed by atoms with Crippen molar-refractivity contribution in [3.63, 3.8) is 0 Å². The van der Waals surface area contributed by atoms with Crippen LogP contribution >= 0.6 is 11.3 Å². The highest BCUT2D eigenvalue weighted by Gasteiger charge is 2.31. The van der Waals surface area contributed by atoms with E-state index in [1.807, 2.05) is 56.3 Å². The van der Waals surface area contributed by atoms with Gasteiger partial charge < -0.3 is 4.74 Å². The van der Waals surface area contributed by atoms with Crippen LogP contribution in [0, 0.1) is 24.0 Å². The molecule has 2 heterocycles. The largest absolute Gasteiger partial charge is 0.497 e. The summed E-state index contributed by atoms with van der Waals surface area (Å²) in [4.78, 5) is 43.5. The number of ketones is 1. The molecule has 0 unspecified atom stereocenters. The Bertz CT molecular complexity index is 1920. The number of benzene rings is 3. The molecule has 0 saturated heterocycles. The summed E-state index contributed by atoms with van der Waals surface area (Å²) in [6.07, 6.45) is 0.841. The summed E-state index contributed by atoms with van der Waals surface area (Å²) in [7, 11) is 1.62. The molecule has 0 fully saturated rings. The maximum absolute atomic E-state index is 14.3. The Morgan fingerprint density at radius 2 is 1.74 bits per heavy atom. The van der Waals surface area contributed by atoms with Gasteiger partial charge in [-0.3, -0.25) is 24.3 Å². The van der Waals surface area contributed by atoms with Crippen molar-refractivity contribution < 1.29 is 14.5 Å². The number of rotatable bonds is 6. The molecule has 1 atom stereocenters. The zero-order valence-corrected chi connectivity index (χ0v) is 24.1. The number of nitrogens with zero attached hydrogens (tertiary/aromatic N) is 3. The first-order chi connectivity index (χ1) is 20.2. The molecule has 0 saturated carbocycles. The van der Waals surface area contributed by atoms with Gasteiger partial charge in [0.15, 0.2) is 5.78 Å². The molecule has 210 valence electrons. The van der Waals surface area contributed by atoms with Crippen molar-refractivity contribution in [2.75, 3.05) is 7.11 Å². The van der Waals surface area contributed by atoms with E-state index in [9.17, 15) is 19.7 Å². The summed E-state index contributed by atoms with van der Waals surface area (Å²) in [6.45, 7) is 4.01. The lowest BCUT2D eigenvalue weighted by molar-refractivity contribution is -0.384. The molecule has 42 heavy (non-hydrogen) atoms. The molecular formula is C33H27N3O5S. The number of nitro benzene ring substituents is 1. The third kappa shape index (κ3) is 4.92. The standard InChI is InChI=1S/C33H27N3O5S/c1-19-7-10-24(13-20(19)2)35-30-15-23(21-8-11-26(41-3)12-9-21)16-31(37)27(30)17-28(33(35)38)32-34-29(18-42-32)22-5-4-6-25(14-22)36(39)40/h4-14,17-18,23H,15-16H2,1-3H3/t23-/m0/s1. The summed E-state index contributed by atoms with van der Waals surface area (Å²) in [5.74, 6) is 0.622. The van der Waals surface area contributed by atoms with E-state index in [0.717, 1.165) is 22.4 Å². The lowest BCUT2D eigenvalue weighted by atomic mass is 9.81. The topological polar surface area (TPSA) is 104 Å². The van der Waals surface area contributed by atoms with Gasteiger partial charge in [-0.2, -0.15) is 0 Å². The van der Waals surface area contributed by atoms with Crippen LogP contribution in [-0.4, -0.2) is 27.4 Å². The first-order valence-electron chi connectivity index (χ1n) is 13.5. The Kier molecular flexibility index (Phi) is 7.04. The molecule has 2 aromatic heterocycles. The normalized spacial score (nSPS) is 14.5. The van der Waals surface area contributed by atoms with Crippen molar-refractivity contribution in [3.8, 4) is 33.3 Å².